The number of nitrogens with two attached hydrogens (primary N) is 1. The summed E-state index contributed by atoms with van der Waals surface area (Å²) in [5.41, 5.74) is 8.45. The minimum atomic E-state index is -0.105. The molecular weight excluding hydrogens is 241 g/mol. The van der Waals surface area contributed by atoms with Crippen LogP contribution in [0, 0.1) is 0 Å². The van der Waals surface area contributed by atoms with Gasteiger partial charge in [-0.15, -0.1) is 0 Å². The van der Waals surface area contributed by atoms with E-state index >= 15 is 0 Å². The smallest absolute Gasteiger partial charge is 0.0643 e. The SMILES string of the molecule is NC(C1=CCCCC1)c1cccc(Cl)c1Cl. The van der Waals surface area contributed by atoms with Crippen molar-refractivity contribution in [3.63, 3.8) is 0 Å². The Balaban J connectivity index is 2.29. The third kappa shape index (κ3) is 2.42. The van der Waals surface area contributed by atoms with Crippen molar-refractivity contribution in [3.05, 3.63) is 45.5 Å². The van der Waals surface area contributed by atoms with Gasteiger partial charge in [-0.25, -0.2) is 0 Å². The average Bonchev–Trinajstić information content (AvgIpc) is 2.33. The molecule has 2 rings (SSSR count). The van der Waals surface area contributed by atoms with Gasteiger partial charge in [-0.2, -0.15) is 0 Å². The van der Waals surface area contributed by atoms with Gasteiger partial charge < -0.3 is 5.73 Å². The van der Waals surface area contributed by atoms with E-state index in [4.69, 9.17) is 28.9 Å². The second kappa shape index (κ2) is 5.22. The zero-order valence-electron chi connectivity index (χ0n) is 9.05. The lowest BCUT2D eigenvalue weighted by Crippen LogP contribution is -2.15. The maximum absolute atomic E-state index is 6.23. The van der Waals surface area contributed by atoms with E-state index in [9.17, 15) is 0 Å². The molecule has 1 aliphatic rings. The summed E-state index contributed by atoms with van der Waals surface area (Å²) in [4.78, 5) is 0. The Kier molecular flexibility index (Phi) is 3.91. The summed E-state index contributed by atoms with van der Waals surface area (Å²) in [6.07, 6.45) is 6.92. The van der Waals surface area contributed by atoms with Crippen molar-refractivity contribution < 1.29 is 0 Å². The van der Waals surface area contributed by atoms with Gasteiger partial charge in [0.25, 0.3) is 0 Å². The molecule has 1 aliphatic carbocycles. The molecule has 0 aliphatic heterocycles. The van der Waals surface area contributed by atoms with Gasteiger partial charge in [-0.1, -0.05) is 47.0 Å². The van der Waals surface area contributed by atoms with Crippen molar-refractivity contribution in [1.82, 2.24) is 0 Å². The van der Waals surface area contributed by atoms with Crippen LogP contribution in [0.25, 0.3) is 0 Å². The minimum Gasteiger partial charge on any atom is -0.320 e. The number of hydrogen-bond donors (Lipinski definition) is 1. The van der Waals surface area contributed by atoms with E-state index in [0.717, 1.165) is 18.4 Å². The number of allylic oxidation sites excluding steroid dienone is 1. The van der Waals surface area contributed by atoms with E-state index in [1.807, 2.05) is 12.1 Å². The van der Waals surface area contributed by atoms with Crippen molar-refractivity contribution in [2.45, 2.75) is 31.7 Å². The molecule has 1 unspecified atom stereocenters. The molecule has 0 radical (unpaired) electrons. The second-order valence-electron chi connectivity index (χ2n) is 4.15. The first-order valence-electron chi connectivity index (χ1n) is 5.58. The first-order chi connectivity index (χ1) is 7.70. The van der Waals surface area contributed by atoms with Crippen LogP contribution >= 0.6 is 23.2 Å². The molecule has 0 heterocycles. The summed E-state index contributed by atoms with van der Waals surface area (Å²) in [7, 11) is 0. The van der Waals surface area contributed by atoms with Crippen LogP contribution in [0.15, 0.2) is 29.8 Å². The van der Waals surface area contributed by atoms with E-state index < -0.39 is 0 Å². The summed E-state index contributed by atoms with van der Waals surface area (Å²) in [5, 5.41) is 1.16. The lowest BCUT2D eigenvalue weighted by molar-refractivity contribution is 0.648. The van der Waals surface area contributed by atoms with Crippen LogP contribution in [0.4, 0.5) is 0 Å². The Bertz CT molecular complexity index is 412. The van der Waals surface area contributed by atoms with Gasteiger partial charge in [-0.3, -0.25) is 0 Å². The topological polar surface area (TPSA) is 26.0 Å². The van der Waals surface area contributed by atoms with Crippen molar-refractivity contribution in [2.75, 3.05) is 0 Å². The Labute approximate surface area is 106 Å². The molecule has 0 saturated heterocycles. The predicted octanol–water partition coefficient (Wildman–Crippen LogP) is 4.49. The standard InChI is InChI=1S/C13H15Cl2N/c14-11-8-4-7-10(12(11)15)13(16)9-5-2-1-3-6-9/h4-5,7-8,13H,1-3,6,16H2. The second-order valence-corrected chi connectivity index (χ2v) is 4.93. The van der Waals surface area contributed by atoms with Crippen molar-refractivity contribution in [1.29, 1.82) is 0 Å². The number of hydrogen-bond acceptors (Lipinski definition) is 1. The summed E-state index contributed by atoms with van der Waals surface area (Å²) in [5.74, 6) is 0. The molecule has 86 valence electrons. The molecule has 3 heteroatoms. The lowest BCUT2D eigenvalue weighted by Gasteiger charge is -2.21. The van der Waals surface area contributed by atoms with Gasteiger partial charge in [0.2, 0.25) is 0 Å². The molecule has 0 fully saturated rings. The monoisotopic (exact) mass is 255 g/mol. The highest BCUT2D eigenvalue weighted by Gasteiger charge is 2.17. The highest BCUT2D eigenvalue weighted by atomic mass is 35.5. The van der Waals surface area contributed by atoms with Gasteiger partial charge in [0.15, 0.2) is 0 Å². The minimum absolute atomic E-state index is 0.105. The van der Waals surface area contributed by atoms with E-state index in [0.29, 0.717) is 10.0 Å². The van der Waals surface area contributed by atoms with Crippen LogP contribution in [-0.4, -0.2) is 0 Å². The normalized spacial score (nSPS) is 18.1. The molecule has 0 saturated carbocycles. The summed E-state index contributed by atoms with van der Waals surface area (Å²) >= 11 is 12.2. The fourth-order valence-electron chi connectivity index (χ4n) is 2.11. The van der Waals surface area contributed by atoms with Crippen LogP contribution in [0.3, 0.4) is 0 Å². The Morgan fingerprint density at radius 2 is 2.00 bits per heavy atom. The zero-order valence-corrected chi connectivity index (χ0v) is 10.6. The van der Waals surface area contributed by atoms with Crippen LogP contribution in [0.2, 0.25) is 10.0 Å². The zero-order chi connectivity index (χ0) is 11.5. The van der Waals surface area contributed by atoms with E-state index in [-0.39, 0.29) is 6.04 Å². The van der Waals surface area contributed by atoms with Crippen molar-refractivity contribution in [2.24, 2.45) is 5.73 Å². The molecule has 1 aromatic rings. The van der Waals surface area contributed by atoms with E-state index in [2.05, 4.69) is 6.08 Å². The van der Waals surface area contributed by atoms with Gasteiger partial charge in [0.1, 0.15) is 0 Å². The fraction of sp³-hybridized carbons (Fsp3) is 0.385. The van der Waals surface area contributed by atoms with Crippen LogP contribution in [-0.2, 0) is 0 Å². The predicted molar refractivity (Wildman–Crippen MR) is 69.9 cm³/mol. The van der Waals surface area contributed by atoms with Crippen molar-refractivity contribution in [3.8, 4) is 0 Å². The van der Waals surface area contributed by atoms with Gasteiger partial charge in [0, 0.05) is 0 Å². The molecule has 2 N–H and O–H groups in total. The third-order valence-corrected chi connectivity index (χ3v) is 3.88. The quantitative estimate of drug-likeness (QED) is 0.775. The van der Waals surface area contributed by atoms with Crippen LogP contribution in [0.5, 0.6) is 0 Å². The summed E-state index contributed by atoms with van der Waals surface area (Å²) < 4.78 is 0. The number of halogens is 2. The molecule has 0 amide bonds. The number of rotatable bonds is 2. The molecule has 16 heavy (non-hydrogen) atoms. The average molecular weight is 256 g/mol. The molecule has 1 atom stereocenters. The van der Waals surface area contributed by atoms with Gasteiger partial charge in [0.05, 0.1) is 16.1 Å². The van der Waals surface area contributed by atoms with Crippen LogP contribution in [0.1, 0.15) is 37.3 Å². The summed E-state index contributed by atoms with van der Waals surface area (Å²) in [6.45, 7) is 0. The highest BCUT2D eigenvalue weighted by molar-refractivity contribution is 6.42. The molecule has 1 nitrogen and oxygen atoms in total. The largest absolute Gasteiger partial charge is 0.320 e. The van der Waals surface area contributed by atoms with Gasteiger partial charge >= 0.3 is 0 Å². The first kappa shape index (κ1) is 12.0. The molecule has 0 spiro atoms. The van der Waals surface area contributed by atoms with Crippen molar-refractivity contribution >= 4 is 23.2 Å². The molecule has 1 aromatic carbocycles. The number of benzene rings is 1. The first-order valence-corrected chi connectivity index (χ1v) is 6.34. The van der Waals surface area contributed by atoms with E-state index in [1.54, 1.807) is 6.07 Å². The molecular formula is C13H15Cl2N. The summed E-state index contributed by atoms with van der Waals surface area (Å²) in [6, 6.07) is 5.53. The van der Waals surface area contributed by atoms with Gasteiger partial charge in [-0.05, 0) is 37.3 Å². The Morgan fingerprint density at radius 3 is 2.69 bits per heavy atom. The molecule has 0 bridgehead atoms. The lowest BCUT2D eigenvalue weighted by atomic mass is 9.90. The Hall–Kier alpha value is -0.500. The molecule has 0 aromatic heterocycles. The Morgan fingerprint density at radius 1 is 1.19 bits per heavy atom. The van der Waals surface area contributed by atoms with Crippen LogP contribution < -0.4 is 5.73 Å². The van der Waals surface area contributed by atoms with E-state index in [1.165, 1.54) is 18.4 Å². The maximum atomic E-state index is 6.23. The third-order valence-electron chi connectivity index (χ3n) is 3.04. The maximum Gasteiger partial charge on any atom is 0.0643 e. The highest BCUT2D eigenvalue weighted by Crippen LogP contribution is 2.34. The fourth-order valence-corrected chi connectivity index (χ4v) is 2.53.